The normalized spacial score (nSPS) is 12.0. The first kappa shape index (κ1) is 16.5. The third-order valence-corrected chi connectivity index (χ3v) is 3.59. The highest BCUT2D eigenvalue weighted by molar-refractivity contribution is 5.90. The summed E-state index contributed by atoms with van der Waals surface area (Å²) in [5.74, 6) is 0.263. The quantitative estimate of drug-likeness (QED) is 0.669. The topological polar surface area (TPSA) is 29.5 Å². The van der Waals surface area contributed by atoms with Crippen LogP contribution in [0.5, 0.6) is 0 Å². The second-order valence-corrected chi connectivity index (χ2v) is 5.46. The average molecular weight is 277 g/mol. The number of carbonyl (C=O) groups excluding carboxylic acids is 1. The number of carbonyl (C=O) groups is 1. The molecule has 0 saturated carbocycles. The molecule has 1 aromatic rings. The van der Waals surface area contributed by atoms with Gasteiger partial charge in [0.2, 0.25) is 0 Å². The maximum absolute atomic E-state index is 12.1. The molecule has 3 heteroatoms. The Morgan fingerprint density at radius 2 is 2.05 bits per heavy atom. The van der Waals surface area contributed by atoms with Crippen LogP contribution in [0, 0.1) is 5.92 Å². The minimum absolute atomic E-state index is 0.219. The Hall–Kier alpha value is -1.51. The van der Waals surface area contributed by atoms with Gasteiger partial charge in [0.15, 0.2) is 0 Å². The Balaban J connectivity index is 2.55. The third-order valence-electron chi connectivity index (χ3n) is 3.59. The smallest absolute Gasteiger partial charge is 0.338 e. The van der Waals surface area contributed by atoms with Crippen LogP contribution in [0.3, 0.4) is 0 Å². The summed E-state index contributed by atoms with van der Waals surface area (Å²) in [7, 11) is 3.92. The minimum Gasteiger partial charge on any atom is -0.462 e. The highest BCUT2D eigenvalue weighted by atomic mass is 16.5. The van der Waals surface area contributed by atoms with Crippen molar-refractivity contribution in [1.82, 2.24) is 0 Å². The van der Waals surface area contributed by atoms with Gasteiger partial charge in [0.05, 0.1) is 12.2 Å². The molecule has 1 atom stereocenters. The third kappa shape index (κ3) is 5.24. The predicted octanol–water partition coefficient (Wildman–Crippen LogP) is 4.13. The molecule has 0 N–H and O–H groups in total. The molecule has 1 unspecified atom stereocenters. The number of unbranched alkanes of at least 4 members (excludes halogenated alkanes) is 1. The average Bonchev–Trinajstić information content (AvgIpc) is 2.47. The zero-order valence-electron chi connectivity index (χ0n) is 13.2. The van der Waals surface area contributed by atoms with Crippen molar-refractivity contribution >= 4 is 11.7 Å². The van der Waals surface area contributed by atoms with Gasteiger partial charge >= 0.3 is 5.97 Å². The fourth-order valence-corrected chi connectivity index (χ4v) is 2.09. The molecule has 0 amide bonds. The van der Waals surface area contributed by atoms with Gasteiger partial charge in [-0.2, -0.15) is 0 Å². The lowest BCUT2D eigenvalue weighted by molar-refractivity contribution is 0.0428. The Kier molecular flexibility index (Phi) is 7.13. The van der Waals surface area contributed by atoms with Crippen LogP contribution in [-0.4, -0.2) is 26.7 Å². The number of nitrogens with zero attached hydrogens (tertiary/aromatic N) is 1. The molecule has 0 spiro atoms. The fourth-order valence-electron chi connectivity index (χ4n) is 2.09. The molecule has 0 aliphatic rings. The van der Waals surface area contributed by atoms with E-state index in [4.69, 9.17) is 4.74 Å². The van der Waals surface area contributed by atoms with Crippen LogP contribution in [0.25, 0.3) is 0 Å². The number of hydrogen-bond donors (Lipinski definition) is 0. The molecule has 0 aromatic heterocycles. The van der Waals surface area contributed by atoms with Gasteiger partial charge < -0.3 is 9.64 Å². The standard InChI is InChI=1S/C17H27NO2/c1-5-7-9-14(6-2)13-20-17(19)15-10-8-11-16(12-15)18(3)4/h8,10-12,14H,5-7,9,13H2,1-4H3. The summed E-state index contributed by atoms with van der Waals surface area (Å²) in [6.07, 6.45) is 4.59. The van der Waals surface area contributed by atoms with Gasteiger partial charge in [0, 0.05) is 19.8 Å². The van der Waals surface area contributed by atoms with Crippen LogP contribution >= 0.6 is 0 Å². The maximum atomic E-state index is 12.1. The van der Waals surface area contributed by atoms with Crippen molar-refractivity contribution < 1.29 is 9.53 Å². The molecule has 3 nitrogen and oxygen atoms in total. The van der Waals surface area contributed by atoms with E-state index in [-0.39, 0.29) is 5.97 Å². The van der Waals surface area contributed by atoms with E-state index in [1.807, 2.05) is 43.3 Å². The Morgan fingerprint density at radius 3 is 2.65 bits per heavy atom. The molecule has 1 rings (SSSR count). The fraction of sp³-hybridized carbons (Fsp3) is 0.588. The van der Waals surface area contributed by atoms with Crippen LogP contribution in [-0.2, 0) is 4.74 Å². The largest absolute Gasteiger partial charge is 0.462 e. The molecule has 20 heavy (non-hydrogen) atoms. The Labute approximate surface area is 122 Å². The van der Waals surface area contributed by atoms with Crippen molar-refractivity contribution in [1.29, 1.82) is 0 Å². The summed E-state index contributed by atoms with van der Waals surface area (Å²) in [4.78, 5) is 14.1. The first-order valence-corrected chi connectivity index (χ1v) is 7.53. The van der Waals surface area contributed by atoms with Gasteiger partial charge in [0.1, 0.15) is 0 Å². The van der Waals surface area contributed by atoms with Gasteiger partial charge in [-0.05, 0) is 30.5 Å². The van der Waals surface area contributed by atoms with Crippen LogP contribution < -0.4 is 4.90 Å². The van der Waals surface area contributed by atoms with Crippen LogP contribution in [0.2, 0.25) is 0 Å². The van der Waals surface area contributed by atoms with E-state index in [1.54, 1.807) is 0 Å². The van der Waals surface area contributed by atoms with E-state index in [1.165, 1.54) is 12.8 Å². The summed E-state index contributed by atoms with van der Waals surface area (Å²) < 4.78 is 5.46. The SMILES string of the molecule is CCCCC(CC)COC(=O)c1cccc(N(C)C)c1. The molecule has 0 heterocycles. The maximum Gasteiger partial charge on any atom is 0.338 e. The van der Waals surface area contributed by atoms with Crippen molar-refractivity contribution in [2.24, 2.45) is 5.92 Å². The monoisotopic (exact) mass is 277 g/mol. The van der Waals surface area contributed by atoms with Crippen molar-refractivity contribution in [3.05, 3.63) is 29.8 Å². The minimum atomic E-state index is -0.219. The Morgan fingerprint density at radius 1 is 1.30 bits per heavy atom. The van der Waals surface area contributed by atoms with E-state index in [0.717, 1.165) is 18.5 Å². The highest BCUT2D eigenvalue weighted by Gasteiger charge is 2.12. The van der Waals surface area contributed by atoms with E-state index in [2.05, 4.69) is 13.8 Å². The summed E-state index contributed by atoms with van der Waals surface area (Å²) >= 11 is 0. The van der Waals surface area contributed by atoms with Gasteiger partial charge in [-0.25, -0.2) is 4.79 Å². The van der Waals surface area contributed by atoms with Crippen LogP contribution in [0.1, 0.15) is 49.9 Å². The van der Waals surface area contributed by atoms with E-state index in [0.29, 0.717) is 18.1 Å². The van der Waals surface area contributed by atoms with E-state index >= 15 is 0 Å². The summed E-state index contributed by atoms with van der Waals surface area (Å²) in [5, 5.41) is 0. The lowest BCUT2D eigenvalue weighted by Crippen LogP contribution is -2.15. The molecule has 0 aliphatic carbocycles. The van der Waals surface area contributed by atoms with Crippen molar-refractivity contribution in [2.45, 2.75) is 39.5 Å². The number of ether oxygens (including phenoxy) is 1. The van der Waals surface area contributed by atoms with Gasteiger partial charge in [-0.3, -0.25) is 0 Å². The number of hydrogen-bond acceptors (Lipinski definition) is 3. The molecule has 1 aromatic carbocycles. The molecular formula is C17H27NO2. The molecular weight excluding hydrogens is 250 g/mol. The number of anilines is 1. The summed E-state index contributed by atoms with van der Waals surface area (Å²) in [6, 6.07) is 7.55. The highest BCUT2D eigenvalue weighted by Crippen LogP contribution is 2.16. The Bertz CT molecular complexity index is 415. The van der Waals surface area contributed by atoms with E-state index < -0.39 is 0 Å². The molecule has 0 saturated heterocycles. The van der Waals surface area contributed by atoms with Crippen LogP contribution in [0.15, 0.2) is 24.3 Å². The molecule has 0 radical (unpaired) electrons. The lowest BCUT2D eigenvalue weighted by Gasteiger charge is -2.16. The summed E-state index contributed by atoms with van der Waals surface area (Å²) in [5.41, 5.74) is 1.64. The van der Waals surface area contributed by atoms with E-state index in [9.17, 15) is 4.79 Å². The predicted molar refractivity (Wildman–Crippen MR) is 84.4 cm³/mol. The zero-order chi connectivity index (χ0) is 15.0. The molecule has 112 valence electrons. The van der Waals surface area contributed by atoms with Crippen molar-refractivity contribution in [3.63, 3.8) is 0 Å². The summed E-state index contributed by atoms with van der Waals surface area (Å²) in [6.45, 7) is 4.87. The lowest BCUT2D eigenvalue weighted by atomic mass is 10.0. The molecule has 0 aliphatic heterocycles. The first-order valence-electron chi connectivity index (χ1n) is 7.53. The number of rotatable bonds is 8. The molecule has 0 fully saturated rings. The van der Waals surface area contributed by atoms with Gasteiger partial charge in [-0.15, -0.1) is 0 Å². The number of benzene rings is 1. The van der Waals surface area contributed by atoms with Crippen molar-refractivity contribution in [2.75, 3.05) is 25.6 Å². The second-order valence-electron chi connectivity index (χ2n) is 5.46. The van der Waals surface area contributed by atoms with Crippen LogP contribution in [0.4, 0.5) is 5.69 Å². The first-order chi connectivity index (χ1) is 9.58. The van der Waals surface area contributed by atoms with Gasteiger partial charge in [-0.1, -0.05) is 39.2 Å². The second kappa shape index (κ2) is 8.62. The van der Waals surface area contributed by atoms with Gasteiger partial charge in [0.25, 0.3) is 0 Å². The van der Waals surface area contributed by atoms with Crippen molar-refractivity contribution in [3.8, 4) is 0 Å². The number of esters is 1. The molecule has 0 bridgehead atoms. The zero-order valence-corrected chi connectivity index (χ0v) is 13.2.